The summed E-state index contributed by atoms with van der Waals surface area (Å²) < 4.78 is 5.78. The summed E-state index contributed by atoms with van der Waals surface area (Å²) in [6.07, 6.45) is 2.98. The Balaban J connectivity index is 1.66. The molecule has 1 heterocycles. The van der Waals surface area contributed by atoms with E-state index in [0.717, 1.165) is 22.0 Å². The number of hydrogen-bond acceptors (Lipinski definition) is 6. The summed E-state index contributed by atoms with van der Waals surface area (Å²) in [6.45, 7) is 4.65. The van der Waals surface area contributed by atoms with E-state index >= 15 is 0 Å². The molecule has 0 saturated heterocycles. The van der Waals surface area contributed by atoms with Crippen molar-refractivity contribution in [3.8, 4) is 16.9 Å². The quantitative estimate of drug-likeness (QED) is 0.222. The summed E-state index contributed by atoms with van der Waals surface area (Å²) >= 11 is 6.20. The minimum atomic E-state index is -0.330. The molecule has 0 bridgehead atoms. The lowest BCUT2D eigenvalue weighted by Gasteiger charge is -2.14. The van der Waals surface area contributed by atoms with Crippen molar-refractivity contribution in [1.29, 1.82) is 0 Å². The van der Waals surface area contributed by atoms with Crippen LogP contribution in [-0.4, -0.2) is 36.1 Å². The highest BCUT2D eigenvalue weighted by atomic mass is 35.5. The Morgan fingerprint density at radius 1 is 1.15 bits per heavy atom. The van der Waals surface area contributed by atoms with E-state index in [1.54, 1.807) is 18.3 Å². The summed E-state index contributed by atoms with van der Waals surface area (Å²) in [6, 6.07) is 19.0. The van der Waals surface area contributed by atoms with Crippen molar-refractivity contribution in [1.82, 2.24) is 15.3 Å². The van der Waals surface area contributed by atoms with Gasteiger partial charge < -0.3 is 20.7 Å². The first-order valence-corrected chi connectivity index (χ1v) is 11.1. The van der Waals surface area contributed by atoms with Gasteiger partial charge in [-0.2, -0.15) is 0 Å². The van der Waals surface area contributed by atoms with E-state index in [4.69, 9.17) is 21.3 Å². The molecule has 172 valence electrons. The number of aromatic nitrogens is 2. The van der Waals surface area contributed by atoms with Gasteiger partial charge in [-0.05, 0) is 49.0 Å². The maximum absolute atomic E-state index is 11.9. The summed E-state index contributed by atoms with van der Waals surface area (Å²) in [5.41, 5.74) is 3.94. The number of carbonyl (C=O) groups excluding carboxylic acids is 1. The molecular weight excluding hydrogens is 450 g/mol. The molecular formula is C26H24ClN5O2. The van der Waals surface area contributed by atoms with Gasteiger partial charge in [0.25, 0.3) is 0 Å². The van der Waals surface area contributed by atoms with Crippen LogP contribution in [-0.2, 0) is 4.79 Å². The normalized spacial score (nSPS) is 10.6. The van der Waals surface area contributed by atoms with E-state index in [9.17, 15) is 4.79 Å². The lowest BCUT2D eigenvalue weighted by Crippen LogP contribution is -2.17. The smallest absolute Gasteiger partial charge is 0.247 e. The van der Waals surface area contributed by atoms with E-state index in [2.05, 4.69) is 27.5 Å². The van der Waals surface area contributed by atoms with Crippen LogP contribution >= 0.6 is 11.6 Å². The van der Waals surface area contributed by atoms with E-state index in [0.29, 0.717) is 41.2 Å². The van der Waals surface area contributed by atoms with Crippen LogP contribution in [0.4, 0.5) is 17.3 Å². The summed E-state index contributed by atoms with van der Waals surface area (Å²) in [5, 5.41) is 10.6. The van der Waals surface area contributed by atoms with Crippen molar-refractivity contribution in [2.24, 2.45) is 0 Å². The highest BCUT2D eigenvalue weighted by Crippen LogP contribution is 2.31. The van der Waals surface area contributed by atoms with Crippen molar-refractivity contribution in [3.63, 3.8) is 0 Å². The fourth-order valence-corrected chi connectivity index (χ4v) is 3.60. The highest BCUT2D eigenvalue weighted by Gasteiger charge is 2.11. The van der Waals surface area contributed by atoms with E-state index in [1.807, 2.05) is 55.6 Å². The van der Waals surface area contributed by atoms with Crippen LogP contribution in [0.15, 0.2) is 79.5 Å². The topological polar surface area (TPSA) is 88.2 Å². The van der Waals surface area contributed by atoms with Gasteiger partial charge in [-0.15, -0.1) is 0 Å². The molecule has 0 radical (unpaired) electrons. The van der Waals surface area contributed by atoms with Gasteiger partial charge in [0.15, 0.2) is 0 Å². The van der Waals surface area contributed by atoms with Crippen molar-refractivity contribution in [3.05, 3.63) is 84.5 Å². The number of para-hydroxylation sites is 1. The zero-order chi connectivity index (χ0) is 23.9. The third-order valence-electron chi connectivity index (χ3n) is 5.04. The summed E-state index contributed by atoms with van der Waals surface area (Å²) in [4.78, 5) is 21.1. The molecule has 0 atom stereocenters. The number of amides is 1. The molecule has 0 unspecified atom stereocenters. The molecule has 0 spiro atoms. The van der Waals surface area contributed by atoms with E-state index in [1.165, 1.54) is 6.08 Å². The molecule has 3 N–H and O–H groups in total. The minimum absolute atomic E-state index is 0.330. The second-order valence-electron chi connectivity index (χ2n) is 7.43. The zero-order valence-corrected chi connectivity index (χ0v) is 19.4. The van der Waals surface area contributed by atoms with E-state index in [-0.39, 0.29) is 5.91 Å². The third kappa shape index (κ3) is 5.51. The van der Waals surface area contributed by atoms with Crippen LogP contribution in [0.2, 0.25) is 5.02 Å². The van der Waals surface area contributed by atoms with Gasteiger partial charge in [0.05, 0.1) is 11.2 Å². The molecule has 4 rings (SSSR count). The highest BCUT2D eigenvalue weighted by molar-refractivity contribution is 6.30. The van der Waals surface area contributed by atoms with Crippen molar-refractivity contribution < 1.29 is 9.53 Å². The fraction of sp³-hybridized carbons (Fsp3) is 0.115. The number of benzene rings is 3. The van der Waals surface area contributed by atoms with Crippen molar-refractivity contribution >= 4 is 45.7 Å². The van der Waals surface area contributed by atoms with Gasteiger partial charge in [0.1, 0.15) is 12.4 Å². The third-order valence-corrected chi connectivity index (χ3v) is 5.27. The Labute approximate surface area is 202 Å². The number of nitrogens with zero attached hydrogens (tertiary/aromatic N) is 2. The number of likely N-dealkylation sites (N-methyl/N-ethyl adjacent to an activating group) is 1. The SMILES string of the molecule is C=CC(=O)Nc1cc(Nc2ncc3cccc(-c4cccc(Cl)c4)c3n2)ccc1OCCNC. The number of carbonyl (C=O) groups is 1. The Kier molecular flexibility index (Phi) is 7.37. The number of nitrogens with one attached hydrogen (secondary N) is 3. The van der Waals surface area contributed by atoms with Crippen LogP contribution in [0.25, 0.3) is 22.0 Å². The predicted octanol–water partition coefficient (Wildman–Crippen LogP) is 5.42. The van der Waals surface area contributed by atoms with Gasteiger partial charge in [-0.3, -0.25) is 4.79 Å². The molecule has 0 aliphatic rings. The number of halogens is 1. The molecule has 1 aromatic heterocycles. The standard InChI is InChI=1S/C26H24ClN5O2/c1-3-24(33)31-22-15-20(10-11-23(22)34-13-12-28-2)30-26-29-16-18-7-5-9-21(25(18)32-26)17-6-4-8-19(27)14-17/h3-11,14-16,28H,1,12-13H2,2H3,(H,31,33)(H,29,30,32). The van der Waals surface area contributed by atoms with Gasteiger partial charge in [-0.1, -0.05) is 48.5 Å². The number of hydrogen-bond donors (Lipinski definition) is 3. The summed E-state index contributed by atoms with van der Waals surface area (Å²) in [7, 11) is 1.85. The average molecular weight is 474 g/mol. The maximum atomic E-state index is 11.9. The lowest BCUT2D eigenvalue weighted by molar-refractivity contribution is -0.111. The number of rotatable bonds is 9. The molecule has 3 aromatic carbocycles. The van der Waals surface area contributed by atoms with Gasteiger partial charge in [-0.25, -0.2) is 9.97 Å². The molecule has 0 aliphatic carbocycles. The Morgan fingerprint density at radius 3 is 2.79 bits per heavy atom. The van der Waals surface area contributed by atoms with Crippen molar-refractivity contribution in [2.75, 3.05) is 30.8 Å². The van der Waals surface area contributed by atoms with Crippen LogP contribution in [0.5, 0.6) is 5.75 Å². The van der Waals surface area contributed by atoms with Gasteiger partial charge in [0, 0.05) is 34.4 Å². The molecule has 4 aromatic rings. The second kappa shape index (κ2) is 10.8. The molecule has 0 fully saturated rings. The Bertz CT molecular complexity index is 1340. The number of fused-ring (bicyclic) bond motifs is 1. The predicted molar refractivity (Wildman–Crippen MR) is 138 cm³/mol. The maximum Gasteiger partial charge on any atom is 0.247 e. The van der Waals surface area contributed by atoms with Crippen molar-refractivity contribution in [2.45, 2.75) is 0 Å². The Hall–Kier alpha value is -3.94. The molecule has 1 amide bonds. The van der Waals surface area contributed by atoms with Gasteiger partial charge >= 0.3 is 0 Å². The Morgan fingerprint density at radius 2 is 2.00 bits per heavy atom. The summed E-state index contributed by atoms with van der Waals surface area (Å²) in [5.74, 6) is 0.647. The number of anilines is 3. The fourth-order valence-electron chi connectivity index (χ4n) is 3.41. The van der Waals surface area contributed by atoms with Crippen LogP contribution in [0.3, 0.4) is 0 Å². The van der Waals surface area contributed by atoms with E-state index < -0.39 is 0 Å². The molecule has 8 heteroatoms. The monoisotopic (exact) mass is 473 g/mol. The lowest BCUT2D eigenvalue weighted by atomic mass is 10.0. The van der Waals surface area contributed by atoms with Crippen LogP contribution in [0, 0.1) is 0 Å². The molecule has 7 nitrogen and oxygen atoms in total. The largest absolute Gasteiger partial charge is 0.490 e. The first kappa shape index (κ1) is 23.2. The average Bonchev–Trinajstić information content (AvgIpc) is 2.85. The molecule has 0 saturated carbocycles. The van der Waals surface area contributed by atoms with Crippen LogP contribution in [0.1, 0.15) is 0 Å². The van der Waals surface area contributed by atoms with Crippen LogP contribution < -0.4 is 20.7 Å². The zero-order valence-electron chi connectivity index (χ0n) is 18.6. The molecule has 0 aliphatic heterocycles. The molecule has 34 heavy (non-hydrogen) atoms. The van der Waals surface area contributed by atoms with Gasteiger partial charge in [0.2, 0.25) is 11.9 Å². The first-order chi connectivity index (χ1) is 16.6. The number of ether oxygens (including phenoxy) is 1. The second-order valence-corrected chi connectivity index (χ2v) is 7.87. The first-order valence-electron chi connectivity index (χ1n) is 10.7. The minimum Gasteiger partial charge on any atom is -0.490 e.